The van der Waals surface area contributed by atoms with Crippen LogP contribution in [0.4, 0.5) is 5.69 Å². The Morgan fingerprint density at radius 3 is 2.54 bits per heavy atom. The molecule has 28 heavy (non-hydrogen) atoms. The van der Waals surface area contributed by atoms with Crippen molar-refractivity contribution in [2.45, 2.75) is 6.61 Å². The minimum atomic E-state index is 0.0375. The van der Waals surface area contributed by atoms with E-state index in [0.29, 0.717) is 19.7 Å². The molecule has 0 radical (unpaired) electrons. The number of nitrogens with zero attached hydrogens (tertiary/aromatic N) is 3. The van der Waals surface area contributed by atoms with Gasteiger partial charge in [-0.15, -0.1) is 11.3 Å². The molecule has 3 aromatic rings. The molecular weight excluding hydrogens is 374 g/mol. The zero-order valence-corrected chi connectivity index (χ0v) is 16.7. The van der Waals surface area contributed by atoms with E-state index in [4.69, 9.17) is 9.47 Å². The van der Waals surface area contributed by atoms with E-state index in [2.05, 4.69) is 22.0 Å². The average Bonchev–Trinajstić information content (AvgIpc) is 3.16. The molecule has 2 heterocycles. The minimum absolute atomic E-state index is 0.0375. The molecule has 6 nitrogen and oxygen atoms in total. The van der Waals surface area contributed by atoms with Crippen molar-refractivity contribution in [3.8, 4) is 5.75 Å². The fourth-order valence-electron chi connectivity index (χ4n) is 3.31. The zero-order valence-electron chi connectivity index (χ0n) is 15.8. The van der Waals surface area contributed by atoms with Gasteiger partial charge in [-0.05, 0) is 36.4 Å². The van der Waals surface area contributed by atoms with Crippen molar-refractivity contribution < 1.29 is 14.3 Å². The van der Waals surface area contributed by atoms with Crippen LogP contribution in [0.5, 0.6) is 5.75 Å². The number of thiazole rings is 1. The topological polar surface area (TPSA) is 54.9 Å². The van der Waals surface area contributed by atoms with Gasteiger partial charge in [-0.25, -0.2) is 4.98 Å². The highest BCUT2D eigenvalue weighted by Gasteiger charge is 2.21. The standard InChI is InChI=1S/C21H23N3O3S/c1-26-17-8-6-16(7-9-17)23-10-12-24(13-11-23)21(25)15-27-14-20-22-18-4-2-3-5-19(18)28-20/h2-9H,10-15H2,1H3. The molecule has 2 aromatic carbocycles. The van der Waals surface area contributed by atoms with Gasteiger partial charge in [0.2, 0.25) is 5.91 Å². The molecular formula is C21H23N3O3S. The predicted octanol–water partition coefficient (Wildman–Crippen LogP) is 3.17. The second-order valence-corrected chi connectivity index (χ2v) is 7.75. The third-order valence-corrected chi connectivity index (χ3v) is 5.87. The third-order valence-electron chi connectivity index (χ3n) is 4.86. The first-order valence-electron chi connectivity index (χ1n) is 9.32. The molecule has 1 aliphatic heterocycles. The Bertz CT molecular complexity index is 900. The molecule has 1 saturated heterocycles. The van der Waals surface area contributed by atoms with E-state index in [-0.39, 0.29) is 12.5 Å². The van der Waals surface area contributed by atoms with Gasteiger partial charge in [0.1, 0.15) is 17.4 Å². The summed E-state index contributed by atoms with van der Waals surface area (Å²) in [5.41, 5.74) is 2.13. The van der Waals surface area contributed by atoms with Gasteiger partial charge in [0, 0.05) is 31.9 Å². The van der Waals surface area contributed by atoms with Gasteiger partial charge in [-0.3, -0.25) is 4.79 Å². The van der Waals surface area contributed by atoms with Crippen LogP contribution in [0.15, 0.2) is 48.5 Å². The van der Waals surface area contributed by atoms with Crippen LogP contribution in [-0.4, -0.2) is 55.7 Å². The third kappa shape index (κ3) is 4.26. The Kier molecular flexibility index (Phi) is 5.73. The van der Waals surface area contributed by atoms with Crippen molar-refractivity contribution >= 4 is 33.1 Å². The average molecular weight is 398 g/mol. The number of aromatic nitrogens is 1. The molecule has 0 saturated carbocycles. The number of methoxy groups -OCH3 is 1. The van der Waals surface area contributed by atoms with E-state index in [9.17, 15) is 4.79 Å². The number of carbonyl (C=O) groups excluding carboxylic acids is 1. The Morgan fingerprint density at radius 2 is 1.82 bits per heavy atom. The van der Waals surface area contributed by atoms with Crippen LogP contribution in [0.25, 0.3) is 10.2 Å². The van der Waals surface area contributed by atoms with Crippen LogP contribution in [0.3, 0.4) is 0 Å². The largest absolute Gasteiger partial charge is 0.497 e. The van der Waals surface area contributed by atoms with Crippen LogP contribution < -0.4 is 9.64 Å². The fraction of sp³-hybridized carbons (Fsp3) is 0.333. The number of amides is 1. The number of rotatable bonds is 6. The summed E-state index contributed by atoms with van der Waals surface area (Å²) >= 11 is 1.61. The van der Waals surface area contributed by atoms with E-state index >= 15 is 0 Å². The summed E-state index contributed by atoms with van der Waals surface area (Å²) < 4.78 is 12.0. The summed E-state index contributed by atoms with van der Waals surface area (Å²) in [5.74, 6) is 0.887. The Morgan fingerprint density at radius 1 is 1.07 bits per heavy atom. The fourth-order valence-corrected chi connectivity index (χ4v) is 4.21. The highest BCUT2D eigenvalue weighted by atomic mass is 32.1. The Balaban J connectivity index is 1.23. The minimum Gasteiger partial charge on any atom is -0.497 e. The zero-order chi connectivity index (χ0) is 19.3. The SMILES string of the molecule is COc1ccc(N2CCN(C(=O)COCc3nc4ccccc4s3)CC2)cc1. The molecule has 146 valence electrons. The summed E-state index contributed by atoms with van der Waals surface area (Å²) in [5, 5.41) is 0.901. The summed E-state index contributed by atoms with van der Waals surface area (Å²) in [6, 6.07) is 16.0. The van der Waals surface area contributed by atoms with Crippen LogP contribution in [0, 0.1) is 0 Å². The molecule has 0 aliphatic carbocycles. The maximum atomic E-state index is 12.4. The molecule has 7 heteroatoms. The van der Waals surface area contributed by atoms with E-state index < -0.39 is 0 Å². The number of para-hydroxylation sites is 1. The van der Waals surface area contributed by atoms with Gasteiger partial charge in [0.05, 0.1) is 23.9 Å². The van der Waals surface area contributed by atoms with E-state index in [1.54, 1.807) is 18.4 Å². The van der Waals surface area contributed by atoms with Crippen LogP contribution in [0.1, 0.15) is 5.01 Å². The summed E-state index contributed by atoms with van der Waals surface area (Å²) in [4.78, 5) is 21.1. The predicted molar refractivity (Wildman–Crippen MR) is 111 cm³/mol. The molecule has 4 rings (SSSR count). The number of ether oxygens (including phenoxy) is 2. The first kappa shape index (κ1) is 18.7. The molecule has 0 unspecified atom stereocenters. The summed E-state index contributed by atoms with van der Waals surface area (Å²) in [7, 11) is 1.66. The van der Waals surface area contributed by atoms with E-state index in [1.165, 1.54) is 0 Å². The highest BCUT2D eigenvalue weighted by Crippen LogP contribution is 2.22. The second kappa shape index (κ2) is 8.58. The van der Waals surface area contributed by atoms with Crippen molar-refractivity contribution in [1.29, 1.82) is 0 Å². The quantitative estimate of drug-likeness (QED) is 0.640. The molecule has 0 atom stereocenters. The van der Waals surface area contributed by atoms with Crippen molar-refractivity contribution in [2.24, 2.45) is 0 Å². The van der Waals surface area contributed by atoms with Gasteiger partial charge >= 0.3 is 0 Å². The summed E-state index contributed by atoms with van der Waals surface area (Å²) in [6.07, 6.45) is 0. The first-order valence-corrected chi connectivity index (χ1v) is 10.1. The molecule has 1 aromatic heterocycles. The molecule has 0 N–H and O–H groups in total. The first-order chi connectivity index (χ1) is 13.7. The van der Waals surface area contributed by atoms with Crippen molar-refractivity contribution in [3.05, 3.63) is 53.5 Å². The molecule has 1 aliphatic rings. The smallest absolute Gasteiger partial charge is 0.248 e. The highest BCUT2D eigenvalue weighted by molar-refractivity contribution is 7.18. The van der Waals surface area contributed by atoms with Gasteiger partial charge in [0.25, 0.3) is 0 Å². The lowest BCUT2D eigenvalue weighted by molar-refractivity contribution is -0.136. The Hall–Kier alpha value is -2.64. The number of carbonyl (C=O) groups is 1. The Labute approximate surface area is 168 Å². The molecule has 1 fully saturated rings. The maximum absolute atomic E-state index is 12.4. The number of hydrogen-bond donors (Lipinski definition) is 0. The van der Waals surface area contributed by atoms with Gasteiger partial charge < -0.3 is 19.3 Å². The number of anilines is 1. The van der Waals surface area contributed by atoms with Crippen LogP contribution >= 0.6 is 11.3 Å². The van der Waals surface area contributed by atoms with Crippen molar-refractivity contribution in [3.63, 3.8) is 0 Å². The molecule has 0 bridgehead atoms. The van der Waals surface area contributed by atoms with E-state index in [1.807, 2.05) is 41.3 Å². The van der Waals surface area contributed by atoms with Crippen LogP contribution in [0.2, 0.25) is 0 Å². The lowest BCUT2D eigenvalue weighted by Gasteiger charge is -2.36. The lowest BCUT2D eigenvalue weighted by Crippen LogP contribution is -2.49. The lowest BCUT2D eigenvalue weighted by atomic mass is 10.2. The normalized spacial score (nSPS) is 14.5. The monoisotopic (exact) mass is 397 g/mol. The number of benzene rings is 2. The van der Waals surface area contributed by atoms with E-state index in [0.717, 1.165) is 39.8 Å². The molecule has 0 spiro atoms. The summed E-state index contributed by atoms with van der Waals surface area (Å²) in [6.45, 7) is 3.51. The van der Waals surface area contributed by atoms with Crippen LogP contribution in [-0.2, 0) is 16.1 Å². The molecule has 1 amide bonds. The second-order valence-electron chi connectivity index (χ2n) is 6.63. The number of fused-ring (bicyclic) bond motifs is 1. The number of hydrogen-bond acceptors (Lipinski definition) is 6. The number of piperazine rings is 1. The maximum Gasteiger partial charge on any atom is 0.248 e. The van der Waals surface area contributed by atoms with Crippen molar-refractivity contribution in [2.75, 3.05) is 44.8 Å². The van der Waals surface area contributed by atoms with Gasteiger partial charge in [-0.2, -0.15) is 0 Å². The van der Waals surface area contributed by atoms with Gasteiger partial charge in [-0.1, -0.05) is 12.1 Å². The van der Waals surface area contributed by atoms with Gasteiger partial charge in [0.15, 0.2) is 0 Å². The van der Waals surface area contributed by atoms with Crippen molar-refractivity contribution in [1.82, 2.24) is 9.88 Å².